The molecule has 2 amide bonds. The molecule has 5 rings (SSSR count). The van der Waals surface area contributed by atoms with E-state index in [0.29, 0.717) is 45.3 Å². The minimum atomic E-state index is -0.902. The Kier molecular flexibility index (Phi) is 7.60. The number of nitrogens with zero attached hydrogens (tertiary/aromatic N) is 4. The van der Waals surface area contributed by atoms with E-state index < -0.39 is 28.8 Å². The molecule has 0 saturated carbocycles. The fraction of sp³-hybridized carbons (Fsp3) is 0.393. The van der Waals surface area contributed by atoms with Crippen LogP contribution in [0.1, 0.15) is 30.1 Å². The number of fused-ring (bicyclic) bond motifs is 1. The van der Waals surface area contributed by atoms with Crippen LogP contribution in [0.15, 0.2) is 41.3 Å². The Morgan fingerprint density at radius 1 is 0.897 bits per heavy atom. The Morgan fingerprint density at radius 3 is 2.26 bits per heavy atom. The lowest BCUT2D eigenvalue weighted by molar-refractivity contribution is -0.129. The zero-order valence-electron chi connectivity index (χ0n) is 21.7. The van der Waals surface area contributed by atoms with Crippen molar-refractivity contribution >= 4 is 28.4 Å². The van der Waals surface area contributed by atoms with Crippen molar-refractivity contribution < 1.29 is 22.8 Å². The summed E-state index contributed by atoms with van der Waals surface area (Å²) in [6, 6.07) is 5.49. The maximum atomic E-state index is 15.4. The summed E-state index contributed by atoms with van der Waals surface area (Å²) in [4.78, 5) is 43.8. The number of hydrogen-bond acceptors (Lipinski definition) is 5. The molecule has 11 heteroatoms. The smallest absolute Gasteiger partial charge is 0.256 e. The molecule has 1 N–H and O–H groups in total. The van der Waals surface area contributed by atoms with E-state index in [1.165, 1.54) is 29.8 Å². The van der Waals surface area contributed by atoms with Gasteiger partial charge in [0.15, 0.2) is 0 Å². The van der Waals surface area contributed by atoms with Gasteiger partial charge in [-0.3, -0.25) is 14.4 Å². The number of nitrogens with one attached hydrogen (secondary N) is 1. The summed E-state index contributed by atoms with van der Waals surface area (Å²) in [6.07, 6.45) is 3.43. The molecule has 0 unspecified atom stereocenters. The van der Waals surface area contributed by atoms with Crippen LogP contribution in [0.25, 0.3) is 16.6 Å². The lowest BCUT2D eigenvalue weighted by Gasteiger charge is -2.36. The van der Waals surface area contributed by atoms with Crippen LogP contribution in [0.5, 0.6) is 0 Å². The summed E-state index contributed by atoms with van der Waals surface area (Å²) < 4.78 is 45.4. The molecule has 0 atom stereocenters. The minimum Gasteiger partial charge on any atom is -0.366 e. The molecule has 8 nitrogen and oxygen atoms in total. The molecule has 0 aliphatic carbocycles. The van der Waals surface area contributed by atoms with Crippen molar-refractivity contribution in [1.82, 2.24) is 19.7 Å². The highest BCUT2D eigenvalue weighted by molar-refractivity contribution is 5.98. The first kappa shape index (κ1) is 26.7. The van der Waals surface area contributed by atoms with Crippen molar-refractivity contribution in [2.45, 2.75) is 19.8 Å². The van der Waals surface area contributed by atoms with Gasteiger partial charge in [-0.25, -0.2) is 13.2 Å². The Morgan fingerprint density at radius 2 is 1.59 bits per heavy atom. The van der Waals surface area contributed by atoms with Gasteiger partial charge in [0.2, 0.25) is 11.3 Å². The van der Waals surface area contributed by atoms with Crippen molar-refractivity contribution in [1.29, 1.82) is 0 Å². The van der Waals surface area contributed by atoms with Gasteiger partial charge in [-0.05, 0) is 50.2 Å². The van der Waals surface area contributed by atoms with Gasteiger partial charge in [-0.2, -0.15) is 0 Å². The van der Waals surface area contributed by atoms with E-state index in [1.807, 2.05) is 0 Å². The number of piperazine rings is 1. The summed E-state index contributed by atoms with van der Waals surface area (Å²) in [6.45, 7) is 5.88. The van der Waals surface area contributed by atoms with E-state index >= 15 is 4.39 Å². The molecule has 0 bridgehead atoms. The van der Waals surface area contributed by atoms with Crippen LogP contribution in [0.4, 0.5) is 18.9 Å². The lowest BCUT2D eigenvalue weighted by atomic mass is 10.1. The quantitative estimate of drug-likeness (QED) is 0.520. The zero-order valence-corrected chi connectivity index (χ0v) is 21.7. The summed E-state index contributed by atoms with van der Waals surface area (Å²) in [5, 5.41) is 2.64. The van der Waals surface area contributed by atoms with Crippen LogP contribution in [0, 0.1) is 17.5 Å². The van der Waals surface area contributed by atoms with E-state index in [0.717, 1.165) is 38.1 Å². The number of hydrogen-bond donors (Lipinski definition) is 1. The molecule has 0 radical (unpaired) electrons. The Labute approximate surface area is 223 Å². The second-order valence-corrected chi connectivity index (χ2v) is 9.96. The van der Waals surface area contributed by atoms with E-state index in [1.54, 1.807) is 9.80 Å². The Balaban J connectivity index is 1.56. The second kappa shape index (κ2) is 11.1. The van der Waals surface area contributed by atoms with E-state index in [4.69, 9.17) is 0 Å². The highest BCUT2D eigenvalue weighted by atomic mass is 19.1. The Hall–Kier alpha value is -3.86. The van der Waals surface area contributed by atoms with Crippen molar-refractivity contribution in [3.05, 3.63) is 69.8 Å². The van der Waals surface area contributed by atoms with Crippen LogP contribution in [0.3, 0.4) is 0 Å². The summed E-state index contributed by atoms with van der Waals surface area (Å²) in [5.74, 6) is -3.07. The second-order valence-electron chi connectivity index (χ2n) is 9.96. The van der Waals surface area contributed by atoms with Gasteiger partial charge in [0.25, 0.3) is 5.91 Å². The molecular weight excluding hydrogens is 511 g/mol. The Bertz CT molecular complexity index is 1480. The van der Waals surface area contributed by atoms with Crippen LogP contribution in [-0.4, -0.2) is 78.5 Å². The molecule has 2 aliphatic heterocycles. The number of amides is 2. The van der Waals surface area contributed by atoms with Gasteiger partial charge in [0.1, 0.15) is 23.0 Å². The van der Waals surface area contributed by atoms with Gasteiger partial charge in [-0.15, -0.1) is 0 Å². The fourth-order valence-corrected chi connectivity index (χ4v) is 5.31. The van der Waals surface area contributed by atoms with Gasteiger partial charge < -0.3 is 24.6 Å². The minimum absolute atomic E-state index is 0.0690. The monoisotopic (exact) mass is 541 g/mol. The number of anilines is 1. The SMILES string of the molecule is CC(=O)N1CCN(c2cc3c(cc2F)c(=O)c(C(=O)NCCN2CCCC2)cn3-c2ccc(F)cc2F)CC1. The predicted molar refractivity (Wildman–Crippen MR) is 142 cm³/mol. The molecule has 1 aromatic heterocycles. The first-order valence-electron chi connectivity index (χ1n) is 13.1. The summed E-state index contributed by atoms with van der Waals surface area (Å²) >= 11 is 0. The average molecular weight is 542 g/mol. The predicted octanol–water partition coefficient (Wildman–Crippen LogP) is 2.90. The average Bonchev–Trinajstić information content (AvgIpc) is 3.43. The third-order valence-corrected chi connectivity index (χ3v) is 7.46. The standard InChI is InChI=1S/C28H30F3N5O3/c1-18(37)34-10-12-35(13-11-34)26-16-25-20(15-23(26)31)27(38)21(28(39)32-6-9-33-7-2-3-8-33)17-36(25)24-5-4-19(29)14-22(24)30/h4-5,14-17H,2-3,6-13H2,1H3,(H,32,39). The molecule has 3 aromatic rings. The van der Waals surface area contributed by atoms with Crippen molar-refractivity contribution in [3.63, 3.8) is 0 Å². The zero-order chi connectivity index (χ0) is 27.7. The van der Waals surface area contributed by atoms with Crippen LogP contribution in [-0.2, 0) is 4.79 Å². The largest absolute Gasteiger partial charge is 0.366 e. The topological polar surface area (TPSA) is 77.9 Å². The molecule has 2 fully saturated rings. The van der Waals surface area contributed by atoms with Gasteiger partial charge >= 0.3 is 0 Å². The number of rotatable bonds is 6. The molecule has 39 heavy (non-hydrogen) atoms. The highest BCUT2D eigenvalue weighted by Crippen LogP contribution is 2.29. The maximum Gasteiger partial charge on any atom is 0.256 e. The van der Waals surface area contributed by atoms with Crippen molar-refractivity contribution in [2.75, 3.05) is 57.3 Å². The van der Waals surface area contributed by atoms with E-state index in [2.05, 4.69) is 10.2 Å². The molecule has 2 aliphatic rings. The molecule has 3 heterocycles. The fourth-order valence-electron chi connectivity index (χ4n) is 5.31. The van der Waals surface area contributed by atoms with Gasteiger partial charge in [-0.1, -0.05) is 0 Å². The summed E-state index contributed by atoms with van der Waals surface area (Å²) in [7, 11) is 0. The van der Waals surface area contributed by atoms with Crippen LogP contribution >= 0.6 is 0 Å². The third-order valence-electron chi connectivity index (χ3n) is 7.46. The summed E-state index contributed by atoms with van der Waals surface area (Å²) in [5.41, 5.74) is -0.690. The highest BCUT2D eigenvalue weighted by Gasteiger charge is 2.24. The first-order valence-corrected chi connectivity index (χ1v) is 13.1. The van der Waals surface area contributed by atoms with Crippen LogP contribution in [0.2, 0.25) is 0 Å². The number of halogens is 3. The third kappa shape index (κ3) is 5.49. The van der Waals surface area contributed by atoms with Crippen molar-refractivity contribution in [2.24, 2.45) is 0 Å². The lowest BCUT2D eigenvalue weighted by Crippen LogP contribution is -2.48. The molecule has 2 aromatic carbocycles. The number of carbonyl (C=O) groups is 2. The molecule has 0 spiro atoms. The number of likely N-dealkylation sites (tertiary alicyclic amines) is 1. The molecular formula is C28H30F3N5O3. The number of benzene rings is 2. The maximum absolute atomic E-state index is 15.4. The molecule has 2 saturated heterocycles. The van der Waals surface area contributed by atoms with E-state index in [9.17, 15) is 23.2 Å². The van der Waals surface area contributed by atoms with Crippen LogP contribution < -0.4 is 15.6 Å². The van der Waals surface area contributed by atoms with Crippen molar-refractivity contribution in [3.8, 4) is 5.69 Å². The first-order chi connectivity index (χ1) is 18.7. The van der Waals surface area contributed by atoms with Gasteiger partial charge in [0.05, 0.1) is 16.9 Å². The van der Waals surface area contributed by atoms with Gasteiger partial charge in [0, 0.05) is 63.8 Å². The van der Waals surface area contributed by atoms with E-state index in [-0.39, 0.29) is 33.7 Å². The molecule has 206 valence electrons. The number of aromatic nitrogens is 1. The number of carbonyl (C=O) groups excluding carboxylic acids is 2. The normalized spacial score (nSPS) is 16.2. The number of pyridine rings is 1.